The summed E-state index contributed by atoms with van der Waals surface area (Å²) in [5.41, 5.74) is 2.97. The first-order chi connectivity index (χ1) is 13.6. The Kier molecular flexibility index (Phi) is 5.81. The Labute approximate surface area is 178 Å². The summed E-state index contributed by atoms with van der Waals surface area (Å²) in [5.74, 6) is 1.34. The fourth-order valence-corrected chi connectivity index (χ4v) is 4.46. The van der Waals surface area contributed by atoms with E-state index in [1.54, 1.807) is 23.9 Å². The quantitative estimate of drug-likeness (QED) is 0.472. The molecule has 1 fully saturated rings. The van der Waals surface area contributed by atoms with Gasteiger partial charge in [-0.05, 0) is 59.7 Å². The van der Waals surface area contributed by atoms with Crippen molar-refractivity contribution in [3.8, 4) is 5.75 Å². The van der Waals surface area contributed by atoms with Crippen LogP contribution in [-0.2, 0) is 11.4 Å². The molecule has 0 spiro atoms. The second kappa shape index (κ2) is 8.48. The summed E-state index contributed by atoms with van der Waals surface area (Å²) in [5, 5.41) is 1.31. The fourth-order valence-electron chi connectivity index (χ4n) is 3.03. The van der Waals surface area contributed by atoms with Gasteiger partial charge in [-0.15, -0.1) is 11.8 Å². The molecule has 6 heteroatoms. The second-order valence-corrected chi connectivity index (χ2v) is 8.33. The minimum absolute atomic E-state index is 0.0565. The number of benzene rings is 3. The van der Waals surface area contributed by atoms with E-state index in [0.717, 1.165) is 22.6 Å². The van der Waals surface area contributed by atoms with Crippen molar-refractivity contribution in [2.75, 3.05) is 10.7 Å². The lowest BCUT2D eigenvalue weighted by Gasteiger charge is -2.24. The van der Waals surface area contributed by atoms with Crippen molar-refractivity contribution >= 4 is 46.6 Å². The Morgan fingerprint density at radius 3 is 2.14 bits per heavy atom. The summed E-state index contributed by atoms with van der Waals surface area (Å²) in [6, 6.07) is 22.9. The van der Waals surface area contributed by atoms with Gasteiger partial charge >= 0.3 is 0 Å². The van der Waals surface area contributed by atoms with Gasteiger partial charge in [0.1, 0.15) is 17.7 Å². The highest BCUT2D eigenvalue weighted by atomic mass is 35.5. The largest absolute Gasteiger partial charge is 0.489 e. The lowest BCUT2D eigenvalue weighted by Crippen LogP contribution is -2.27. The monoisotopic (exact) mass is 429 g/mol. The number of carbonyl (C=O) groups is 1. The van der Waals surface area contributed by atoms with Gasteiger partial charge in [-0.3, -0.25) is 9.69 Å². The number of amides is 1. The molecule has 0 saturated carbocycles. The van der Waals surface area contributed by atoms with E-state index in [1.807, 2.05) is 65.6 Å². The van der Waals surface area contributed by atoms with Crippen LogP contribution in [0, 0.1) is 0 Å². The van der Waals surface area contributed by atoms with Crippen molar-refractivity contribution in [2.45, 2.75) is 12.0 Å². The average molecular weight is 430 g/mol. The Balaban J connectivity index is 1.47. The maximum Gasteiger partial charge on any atom is 0.238 e. The molecule has 3 nitrogen and oxygen atoms in total. The van der Waals surface area contributed by atoms with E-state index in [1.165, 1.54) is 0 Å². The molecule has 1 saturated heterocycles. The molecule has 3 aromatic rings. The summed E-state index contributed by atoms with van der Waals surface area (Å²) in [6.45, 7) is 0.476. The van der Waals surface area contributed by atoms with E-state index in [4.69, 9.17) is 27.9 Å². The van der Waals surface area contributed by atoms with Gasteiger partial charge in [0.25, 0.3) is 0 Å². The van der Waals surface area contributed by atoms with Crippen LogP contribution in [-0.4, -0.2) is 11.7 Å². The highest BCUT2D eigenvalue weighted by Crippen LogP contribution is 2.42. The highest BCUT2D eigenvalue weighted by Gasteiger charge is 2.33. The molecule has 1 atom stereocenters. The average Bonchev–Trinajstić information content (AvgIpc) is 3.10. The number of hydrogen-bond donors (Lipinski definition) is 0. The van der Waals surface area contributed by atoms with Gasteiger partial charge in [0.15, 0.2) is 0 Å². The van der Waals surface area contributed by atoms with Gasteiger partial charge in [-0.2, -0.15) is 0 Å². The molecule has 28 heavy (non-hydrogen) atoms. The van der Waals surface area contributed by atoms with E-state index in [9.17, 15) is 4.79 Å². The lowest BCUT2D eigenvalue weighted by atomic mass is 10.1. The summed E-state index contributed by atoms with van der Waals surface area (Å²) in [7, 11) is 0. The molecule has 4 rings (SSSR count). The van der Waals surface area contributed by atoms with Gasteiger partial charge in [-0.25, -0.2) is 0 Å². The number of carbonyl (C=O) groups excluding carboxylic acids is 1. The molecular formula is C22H17Cl2NO2S. The smallest absolute Gasteiger partial charge is 0.238 e. The van der Waals surface area contributed by atoms with Crippen molar-refractivity contribution in [1.82, 2.24) is 0 Å². The number of thioether (sulfide) groups is 1. The normalized spacial score (nSPS) is 16.4. The first-order valence-corrected chi connectivity index (χ1v) is 10.6. The van der Waals surface area contributed by atoms with E-state index in [-0.39, 0.29) is 11.3 Å². The van der Waals surface area contributed by atoms with Crippen LogP contribution in [0.15, 0.2) is 72.8 Å². The first kappa shape index (κ1) is 19.2. The van der Waals surface area contributed by atoms with Crippen LogP contribution in [0.25, 0.3) is 0 Å². The summed E-state index contributed by atoms with van der Waals surface area (Å²) in [6.07, 6.45) is 0. The Morgan fingerprint density at radius 2 is 1.50 bits per heavy atom. The molecule has 0 aromatic heterocycles. The molecular weight excluding hydrogens is 413 g/mol. The van der Waals surface area contributed by atoms with Gasteiger partial charge in [0.05, 0.1) is 5.75 Å². The predicted molar refractivity (Wildman–Crippen MR) is 116 cm³/mol. The van der Waals surface area contributed by atoms with E-state index >= 15 is 0 Å². The van der Waals surface area contributed by atoms with Gasteiger partial charge in [0.2, 0.25) is 5.91 Å². The number of hydrogen-bond acceptors (Lipinski definition) is 3. The second-order valence-electron chi connectivity index (χ2n) is 6.39. The van der Waals surface area contributed by atoms with Crippen molar-refractivity contribution in [3.63, 3.8) is 0 Å². The van der Waals surface area contributed by atoms with E-state index < -0.39 is 0 Å². The number of nitrogens with zero attached hydrogens (tertiary/aromatic N) is 1. The third-order valence-electron chi connectivity index (χ3n) is 4.46. The van der Waals surface area contributed by atoms with Crippen molar-refractivity contribution in [2.24, 2.45) is 0 Å². The van der Waals surface area contributed by atoms with Gasteiger partial charge in [0, 0.05) is 15.7 Å². The third kappa shape index (κ3) is 4.30. The molecule has 3 aromatic carbocycles. The van der Waals surface area contributed by atoms with Crippen LogP contribution in [0.5, 0.6) is 5.75 Å². The van der Waals surface area contributed by atoms with E-state index in [0.29, 0.717) is 22.4 Å². The topological polar surface area (TPSA) is 29.5 Å². The number of halogens is 2. The van der Waals surface area contributed by atoms with Gasteiger partial charge in [-0.1, -0.05) is 47.5 Å². The maximum absolute atomic E-state index is 12.4. The molecule has 0 N–H and O–H groups in total. The molecule has 1 amide bonds. The SMILES string of the molecule is O=C1CS[C@@H](c2ccc(OCc3ccc(Cl)cc3)cc2)N1c1ccc(Cl)cc1. The first-order valence-electron chi connectivity index (χ1n) is 8.76. The molecule has 1 aliphatic rings. The number of anilines is 1. The zero-order valence-electron chi connectivity index (χ0n) is 14.8. The molecule has 1 heterocycles. The Morgan fingerprint density at radius 1 is 0.893 bits per heavy atom. The zero-order chi connectivity index (χ0) is 19.5. The molecule has 142 valence electrons. The minimum Gasteiger partial charge on any atom is -0.489 e. The van der Waals surface area contributed by atoms with Crippen molar-refractivity contribution < 1.29 is 9.53 Å². The number of ether oxygens (including phenoxy) is 1. The summed E-state index contributed by atoms with van der Waals surface area (Å²) in [4.78, 5) is 14.3. The van der Waals surface area contributed by atoms with Crippen LogP contribution in [0.4, 0.5) is 5.69 Å². The Bertz CT molecular complexity index is 959. The van der Waals surface area contributed by atoms with Crippen molar-refractivity contribution in [3.05, 3.63) is 94.0 Å². The standard InChI is InChI=1S/C22H17Cl2NO2S/c23-17-5-1-15(2-6-17)13-27-20-11-3-16(4-12-20)22-25(21(26)14-28-22)19-9-7-18(24)8-10-19/h1-12,22H,13-14H2/t22-/m0/s1. The molecule has 0 bridgehead atoms. The molecule has 1 aliphatic heterocycles. The van der Waals surface area contributed by atoms with Crippen LogP contribution >= 0.6 is 35.0 Å². The van der Waals surface area contributed by atoms with Crippen LogP contribution in [0.2, 0.25) is 10.0 Å². The highest BCUT2D eigenvalue weighted by molar-refractivity contribution is 8.00. The molecule has 0 unspecified atom stereocenters. The molecule has 0 radical (unpaired) electrons. The number of rotatable bonds is 5. The van der Waals surface area contributed by atoms with Gasteiger partial charge < -0.3 is 4.74 Å². The Hall–Kier alpha value is -2.14. The fraction of sp³-hybridized carbons (Fsp3) is 0.136. The van der Waals surface area contributed by atoms with E-state index in [2.05, 4.69) is 0 Å². The van der Waals surface area contributed by atoms with Crippen LogP contribution in [0.1, 0.15) is 16.5 Å². The minimum atomic E-state index is -0.0565. The zero-order valence-corrected chi connectivity index (χ0v) is 17.2. The van der Waals surface area contributed by atoms with Crippen molar-refractivity contribution in [1.29, 1.82) is 0 Å². The summed E-state index contributed by atoms with van der Waals surface area (Å²) < 4.78 is 5.85. The summed E-state index contributed by atoms with van der Waals surface area (Å²) >= 11 is 13.5. The van der Waals surface area contributed by atoms with Crippen LogP contribution in [0.3, 0.4) is 0 Å². The predicted octanol–water partition coefficient (Wildman–Crippen LogP) is 6.35. The van der Waals surface area contributed by atoms with Crippen LogP contribution < -0.4 is 9.64 Å². The maximum atomic E-state index is 12.4. The lowest BCUT2D eigenvalue weighted by molar-refractivity contribution is -0.115. The third-order valence-corrected chi connectivity index (χ3v) is 6.17. The molecule has 0 aliphatic carbocycles.